The minimum atomic E-state index is -3.74. The number of hydrogen-bond donors (Lipinski definition) is 1. The number of nitrogens with one attached hydrogen (secondary N) is 1. The van der Waals surface area contributed by atoms with Gasteiger partial charge in [0.05, 0.1) is 12.1 Å². The summed E-state index contributed by atoms with van der Waals surface area (Å²) in [7, 11) is -3.74. The van der Waals surface area contributed by atoms with Gasteiger partial charge in [-0.05, 0) is 39.0 Å². The van der Waals surface area contributed by atoms with Crippen LogP contribution in [0.25, 0.3) is 10.9 Å². The van der Waals surface area contributed by atoms with E-state index in [1.165, 1.54) is 0 Å². The second kappa shape index (κ2) is 8.22. The van der Waals surface area contributed by atoms with Crippen molar-refractivity contribution < 1.29 is 17.9 Å². The molecular weight excluding hydrogens is 412 g/mol. The molecule has 2 aromatic carbocycles. The van der Waals surface area contributed by atoms with E-state index < -0.39 is 10.0 Å². The summed E-state index contributed by atoms with van der Waals surface area (Å²) in [5.41, 5.74) is 2.07. The molecule has 0 spiro atoms. The largest absolute Gasteiger partial charge is 0.483 e. The molecule has 0 saturated heterocycles. The Balaban J connectivity index is 1.39. The average molecular weight is 437 g/mol. The first kappa shape index (κ1) is 21.2. The number of hydrogen-bond acceptors (Lipinski definition) is 5. The zero-order chi connectivity index (χ0) is 22.1. The van der Waals surface area contributed by atoms with Crippen LogP contribution in [0.3, 0.4) is 0 Å². The Hall–Kier alpha value is -3.08. The Labute approximate surface area is 182 Å². The van der Waals surface area contributed by atoms with Gasteiger partial charge in [-0.3, -0.25) is 4.98 Å². The van der Waals surface area contributed by atoms with Crippen LogP contribution in [0.1, 0.15) is 25.1 Å². The van der Waals surface area contributed by atoms with Crippen molar-refractivity contribution in [3.05, 3.63) is 59.8 Å². The number of pyridine rings is 1. The van der Waals surface area contributed by atoms with Crippen molar-refractivity contribution >= 4 is 20.9 Å². The van der Waals surface area contributed by atoms with Crippen molar-refractivity contribution in [3.63, 3.8) is 0 Å². The van der Waals surface area contributed by atoms with Crippen molar-refractivity contribution in [1.82, 2.24) is 9.71 Å². The number of nitrogens with zero attached hydrogens (tertiary/aromatic N) is 1. The van der Waals surface area contributed by atoms with Gasteiger partial charge < -0.3 is 9.47 Å². The molecule has 1 aliphatic rings. The highest BCUT2D eigenvalue weighted by Crippen LogP contribution is 2.41. The van der Waals surface area contributed by atoms with Gasteiger partial charge in [0.25, 0.3) is 0 Å². The zero-order valence-corrected chi connectivity index (χ0v) is 18.5. The summed E-state index contributed by atoms with van der Waals surface area (Å²) in [6, 6.07) is 14.6. The van der Waals surface area contributed by atoms with Crippen LogP contribution in [-0.2, 0) is 16.4 Å². The van der Waals surface area contributed by atoms with Gasteiger partial charge in [0.1, 0.15) is 17.1 Å². The summed E-state index contributed by atoms with van der Waals surface area (Å²) in [5, 5.41) is 0.772. The third kappa shape index (κ3) is 4.66. The maximum Gasteiger partial charge on any atom is 0.243 e. The fraction of sp³-hybridized carbons (Fsp3) is 0.292. The number of para-hydroxylation sites is 2. The Kier molecular flexibility index (Phi) is 5.61. The number of benzene rings is 2. The van der Waals surface area contributed by atoms with E-state index in [4.69, 9.17) is 9.47 Å². The van der Waals surface area contributed by atoms with Gasteiger partial charge in [0, 0.05) is 23.1 Å². The number of aromatic nitrogens is 1. The summed E-state index contributed by atoms with van der Waals surface area (Å²) in [5.74, 6) is 7.05. The molecule has 0 atom stereocenters. The summed E-state index contributed by atoms with van der Waals surface area (Å²) in [6.45, 7) is 6.02. The van der Waals surface area contributed by atoms with Gasteiger partial charge in [0.15, 0.2) is 11.5 Å². The molecule has 0 aliphatic carbocycles. The van der Waals surface area contributed by atoms with E-state index in [9.17, 15) is 8.42 Å². The molecule has 0 amide bonds. The van der Waals surface area contributed by atoms with Crippen LogP contribution in [0.2, 0.25) is 0 Å². The second-order valence-electron chi connectivity index (χ2n) is 8.03. The molecule has 1 aromatic heterocycles. The van der Waals surface area contributed by atoms with E-state index in [1.54, 1.807) is 12.1 Å². The van der Waals surface area contributed by atoms with Crippen LogP contribution in [0.5, 0.6) is 11.5 Å². The lowest BCUT2D eigenvalue weighted by molar-refractivity contribution is 0.133. The molecule has 0 fully saturated rings. The van der Waals surface area contributed by atoms with Gasteiger partial charge >= 0.3 is 0 Å². The number of fused-ring (bicyclic) bond motifs is 2. The molecule has 0 radical (unpaired) electrons. The van der Waals surface area contributed by atoms with Crippen LogP contribution in [0, 0.1) is 18.8 Å². The smallest absolute Gasteiger partial charge is 0.243 e. The Morgan fingerprint density at radius 1 is 1.13 bits per heavy atom. The van der Waals surface area contributed by atoms with E-state index in [2.05, 4.69) is 21.5 Å². The molecule has 31 heavy (non-hydrogen) atoms. The molecule has 3 aromatic rings. The molecule has 1 aliphatic heterocycles. The second-order valence-corrected chi connectivity index (χ2v) is 9.77. The van der Waals surface area contributed by atoms with E-state index >= 15 is 0 Å². The highest BCUT2D eigenvalue weighted by atomic mass is 32.2. The highest BCUT2D eigenvalue weighted by Gasteiger charge is 2.32. The Morgan fingerprint density at radius 2 is 1.94 bits per heavy atom. The molecule has 6 nitrogen and oxygen atoms in total. The summed E-state index contributed by atoms with van der Waals surface area (Å²) < 4.78 is 39.7. The third-order valence-electron chi connectivity index (χ3n) is 4.94. The molecule has 0 unspecified atom stereocenters. The topological polar surface area (TPSA) is 77.5 Å². The number of aryl methyl sites for hydroxylation is 1. The van der Waals surface area contributed by atoms with Crippen LogP contribution >= 0.6 is 0 Å². The first-order valence-electron chi connectivity index (χ1n) is 10.0. The molecule has 0 saturated carbocycles. The van der Waals surface area contributed by atoms with Gasteiger partial charge in [0.2, 0.25) is 10.0 Å². The predicted octanol–water partition coefficient (Wildman–Crippen LogP) is 3.62. The first-order valence-corrected chi connectivity index (χ1v) is 11.5. The fourth-order valence-electron chi connectivity index (χ4n) is 3.57. The molecule has 2 heterocycles. The van der Waals surface area contributed by atoms with Crippen molar-refractivity contribution in [3.8, 4) is 23.3 Å². The van der Waals surface area contributed by atoms with Gasteiger partial charge in [-0.2, -0.15) is 4.72 Å². The van der Waals surface area contributed by atoms with E-state index in [-0.39, 0.29) is 23.6 Å². The minimum absolute atomic E-state index is 0.0235. The van der Waals surface area contributed by atoms with Gasteiger partial charge in [-0.25, -0.2) is 8.42 Å². The van der Waals surface area contributed by atoms with Gasteiger partial charge in [-0.15, -0.1) is 0 Å². The zero-order valence-electron chi connectivity index (χ0n) is 17.7. The molecule has 0 bridgehead atoms. The van der Waals surface area contributed by atoms with Crippen molar-refractivity contribution in [2.75, 3.05) is 13.2 Å². The lowest BCUT2D eigenvalue weighted by atomic mass is 10.0. The minimum Gasteiger partial charge on any atom is -0.483 e. The third-order valence-corrected chi connectivity index (χ3v) is 6.38. The summed E-state index contributed by atoms with van der Waals surface area (Å²) >= 11 is 0. The van der Waals surface area contributed by atoms with Crippen molar-refractivity contribution in [2.24, 2.45) is 0 Å². The number of sulfonamides is 1. The number of ether oxygens (including phenoxy) is 2. The summed E-state index contributed by atoms with van der Waals surface area (Å²) in [4.78, 5) is 4.53. The monoisotopic (exact) mass is 436 g/mol. The fourth-order valence-corrected chi connectivity index (χ4v) is 4.66. The van der Waals surface area contributed by atoms with Crippen LogP contribution in [-0.4, -0.2) is 32.2 Å². The molecule has 7 heteroatoms. The van der Waals surface area contributed by atoms with Gasteiger partial charge in [-0.1, -0.05) is 42.2 Å². The highest BCUT2D eigenvalue weighted by molar-refractivity contribution is 7.89. The Bertz CT molecular complexity index is 1300. The lowest BCUT2D eigenvalue weighted by Crippen LogP contribution is -2.24. The lowest BCUT2D eigenvalue weighted by Gasteiger charge is -2.17. The maximum atomic E-state index is 12.7. The van der Waals surface area contributed by atoms with Crippen LogP contribution in [0.4, 0.5) is 0 Å². The predicted molar refractivity (Wildman–Crippen MR) is 120 cm³/mol. The van der Waals surface area contributed by atoms with Crippen LogP contribution in [0.15, 0.2) is 53.4 Å². The SMILES string of the molecule is Cc1ccc2cccc(S(=O)(=O)NCC#CCOc3cccc4c3OC(C)(C)C4)c2n1. The van der Waals surface area contributed by atoms with Crippen molar-refractivity contribution in [2.45, 2.75) is 37.7 Å². The van der Waals surface area contributed by atoms with E-state index in [0.29, 0.717) is 11.3 Å². The molecule has 1 N–H and O–H groups in total. The Morgan fingerprint density at radius 3 is 2.77 bits per heavy atom. The van der Waals surface area contributed by atoms with Crippen molar-refractivity contribution in [1.29, 1.82) is 0 Å². The maximum absolute atomic E-state index is 12.7. The first-order chi connectivity index (χ1) is 14.8. The molecule has 160 valence electrons. The van der Waals surface area contributed by atoms with E-state index in [1.807, 2.05) is 57.2 Å². The summed E-state index contributed by atoms with van der Waals surface area (Å²) in [6.07, 6.45) is 0.829. The number of rotatable bonds is 5. The van der Waals surface area contributed by atoms with E-state index in [0.717, 1.165) is 28.8 Å². The van der Waals surface area contributed by atoms with Crippen LogP contribution < -0.4 is 14.2 Å². The quantitative estimate of drug-likeness (QED) is 0.618. The molecular formula is C24H24N2O4S. The molecule has 4 rings (SSSR count). The average Bonchev–Trinajstić information content (AvgIpc) is 3.04. The normalized spacial score (nSPS) is 14.4. The standard InChI is InChI=1S/C24H24N2O4S/c1-17-12-13-18-8-7-11-21(22(18)26-17)31(27,28)25-14-4-5-15-29-20-10-6-9-19-16-24(2,3)30-23(19)20/h6-13,25H,14-16H2,1-3H3.